The quantitative estimate of drug-likeness (QED) is 0.578. The van der Waals surface area contributed by atoms with Gasteiger partial charge in [-0.3, -0.25) is 4.79 Å². The lowest BCUT2D eigenvalue weighted by atomic mass is 10.2. The second-order valence-corrected chi connectivity index (χ2v) is 6.61. The first-order chi connectivity index (χ1) is 13.2. The number of fused-ring (bicyclic) bond motifs is 1. The second-order valence-electron chi connectivity index (χ2n) is 6.61. The molecule has 5 nitrogen and oxygen atoms in total. The van der Waals surface area contributed by atoms with Crippen molar-refractivity contribution in [2.24, 2.45) is 0 Å². The van der Waals surface area contributed by atoms with E-state index in [0.717, 1.165) is 43.6 Å². The maximum atomic E-state index is 12.3. The van der Waals surface area contributed by atoms with Gasteiger partial charge in [-0.2, -0.15) is 0 Å². The first-order valence-corrected chi connectivity index (χ1v) is 9.59. The van der Waals surface area contributed by atoms with Crippen molar-refractivity contribution >= 4 is 16.9 Å². The Hall–Kier alpha value is -2.82. The molecule has 0 saturated carbocycles. The molecule has 0 unspecified atom stereocenters. The fourth-order valence-electron chi connectivity index (χ4n) is 3.20. The zero-order valence-electron chi connectivity index (χ0n) is 16.1. The molecule has 142 valence electrons. The average molecular weight is 365 g/mol. The molecule has 0 aliphatic carbocycles. The van der Waals surface area contributed by atoms with Crippen molar-refractivity contribution in [1.82, 2.24) is 14.9 Å². The van der Waals surface area contributed by atoms with E-state index in [1.165, 1.54) is 5.52 Å². The first kappa shape index (κ1) is 19.0. The summed E-state index contributed by atoms with van der Waals surface area (Å²) in [6.07, 6.45) is 3.99. The number of benzene rings is 2. The molecule has 1 amide bonds. The van der Waals surface area contributed by atoms with Crippen LogP contribution >= 0.6 is 0 Å². The smallest absolute Gasteiger partial charge is 0.251 e. The van der Waals surface area contributed by atoms with Crippen LogP contribution in [0.4, 0.5) is 0 Å². The first-order valence-electron chi connectivity index (χ1n) is 9.59. The third-order valence-electron chi connectivity index (χ3n) is 4.66. The summed E-state index contributed by atoms with van der Waals surface area (Å²) in [5.74, 6) is 1.71. The number of nitrogens with zero attached hydrogens (tertiary/aromatic N) is 2. The highest BCUT2D eigenvalue weighted by molar-refractivity contribution is 5.94. The predicted octanol–water partition coefficient (Wildman–Crippen LogP) is 4.21. The molecule has 5 heteroatoms. The number of carbonyl (C=O) groups is 1. The molecule has 0 fully saturated rings. The van der Waals surface area contributed by atoms with Gasteiger partial charge in [0.1, 0.15) is 11.6 Å². The second kappa shape index (κ2) is 9.21. The molecule has 2 aromatic carbocycles. The summed E-state index contributed by atoms with van der Waals surface area (Å²) in [6.45, 7) is 3.81. The number of carbonyl (C=O) groups excluding carboxylic acids is 1. The summed E-state index contributed by atoms with van der Waals surface area (Å²) in [5, 5.41) is 2.99. The summed E-state index contributed by atoms with van der Waals surface area (Å²) in [4.78, 5) is 17.1. The lowest BCUT2D eigenvalue weighted by Crippen LogP contribution is -2.25. The van der Waals surface area contributed by atoms with Crippen molar-refractivity contribution in [3.05, 3.63) is 59.9 Å². The van der Waals surface area contributed by atoms with E-state index in [9.17, 15) is 4.79 Å². The lowest BCUT2D eigenvalue weighted by molar-refractivity contribution is 0.0953. The van der Waals surface area contributed by atoms with Crippen molar-refractivity contribution in [1.29, 1.82) is 0 Å². The van der Waals surface area contributed by atoms with Crippen LogP contribution in [0.15, 0.2) is 48.5 Å². The van der Waals surface area contributed by atoms with Crippen LogP contribution in [-0.4, -0.2) is 29.1 Å². The van der Waals surface area contributed by atoms with Crippen molar-refractivity contribution in [2.45, 2.75) is 39.2 Å². The number of hydrogen-bond acceptors (Lipinski definition) is 3. The van der Waals surface area contributed by atoms with Crippen molar-refractivity contribution in [3.63, 3.8) is 0 Å². The van der Waals surface area contributed by atoms with Crippen molar-refractivity contribution < 1.29 is 9.53 Å². The van der Waals surface area contributed by atoms with Gasteiger partial charge in [0.15, 0.2) is 0 Å². The Morgan fingerprint density at radius 2 is 2.00 bits per heavy atom. The SMILES string of the molecule is CCCCn1c(CCCNC(=O)c2cccc(OC)c2)nc2ccccc21. The zero-order valence-corrected chi connectivity index (χ0v) is 16.1. The highest BCUT2D eigenvalue weighted by atomic mass is 16.5. The van der Waals surface area contributed by atoms with Crippen LogP contribution < -0.4 is 10.1 Å². The lowest BCUT2D eigenvalue weighted by Gasteiger charge is -2.09. The number of hydrogen-bond donors (Lipinski definition) is 1. The third kappa shape index (κ3) is 4.67. The number of amides is 1. The summed E-state index contributed by atoms with van der Waals surface area (Å²) in [5.41, 5.74) is 2.86. The summed E-state index contributed by atoms with van der Waals surface area (Å²) < 4.78 is 7.49. The molecule has 27 heavy (non-hydrogen) atoms. The minimum Gasteiger partial charge on any atom is -0.497 e. The normalized spacial score (nSPS) is 10.9. The molecule has 3 rings (SSSR count). The minimum atomic E-state index is -0.0756. The van der Waals surface area contributed by atoms with Crippen molar-refractivity contribution in [3.8, 4) is 5.75 Å². The molecule has 0 saturated heterocycles. The molecule has 3 aromatic rings. The largest absolute Gasteiger partial charge is 0.497 e. The minimum absolute atomic E-state index is 0.0756. The van der Waals surface area contributed by atoms with Crippen LogP contribution in [0.1, 0.15) is 42.4 Å². The Morgan fingerprint density at radius 3 is 2.81 bits per heavy atom. The van der Waals surface area contributed by atoms with Gasteiger partial charge in [-0.1, -0.05) is 31.5 Å². The fraction of sp³-hybridized carbons (Fsp3) is 0.364. The molecule has 0 radical (unpaired) electrons. The molecule has 1 N–H and O–H groups in total. The monoisotopic (exact) mass is 365 g/mol. The maximum absolute atomic E-state index is 12.3. The maximum Gasteiger partial charge on any atom is 0.251 e. The van der Waals surface area contributed by atoms with Crippen LogP contribution in [-0.2, 0) is 13.0 Å². The van der Waals surface area contributed by atoms with Gasteiger partial charge >= 0.3 is 0 Å². The van der Waals surface area contributed by atoms with Gasteiger partial charge < -0.3 is 14.6 Å². The Kier molecular flexibility index (Phi) is 6.47. The van der Waals surface area contributed by atoms with Gasteiger partial charge in [0.25, 0.3) is 5.91 Å². The number of ether oxygens (including phenoxy) is 1. The molecule has 0 aliphatic heterocycles. The van der Waals surface area contributed by atoms with E-state index in [1.807, 2.05) is 18.2 Å². The summed E-state index contributed by atoms with van der Waals surface area (Å²) >= 11 is 0. The molecule has 1 aromatic heterocycles. The molecular formula is C22H27N3O2. The number of aromatic nitrogens is 2. The number of nitrogens with one attached hydrogen (secondary N) is 1. The standard InChI is InChI=1S/C22H27N3O2/c1-3-4-15-25-20-12-6-5-11-19(20)24-21(25)13-8-14-23-22(26)17-9-7-10-18(16-17)27-2/h5-7,9-12,16H,3-4,8,13-15H2,1-2H3,(H,23,26). The summed E-state index contributed by atoms with van der Waals surface area (Å²) in [7, 11) is 1.60. The van der Waals surface area contributed by atoms with Gasteiger partial charge in [-0.05, 0) is 43.2 Å². The van der Waals surface area contributed by atoms with Crippen LogP contribution in [0.25, 0.3) is 11.0 Å². The Morgan fingerprint density at radius 1 is 1.15 bits per heavy atom. The highest BCUT2D eigenvalue weighted by Crippen LogP contribution is 2.18. The van der Waals surface area contributed by atoms with E-state index in [1.54, 1.807) is 19.2 Å². The third-order valence-corrected chi connectivity index (χ3v) is 4.66. The van der Waals surface area contributed by atoms with Gasteiger partial charge in [-0.25, -0.2) is 4.98 Å². The summed E-state index contributed by atoms with van der Waals surface area (Å²) in [6, 6.07) is 15.5. The number of methoxy groups -OCH3 is 1. The van der Waals surface area contributed by atoms with Crippen LogP contribution in [0.2, 0.25) is 0 Å². The fourth-order valence-corrected chi connectivity index (χ4v) is 3.20. The van der Waals surface area contributed by atoms with Crippen LogP contribution in [0, 0.1) is 0 Å². The molecule has 0 aliphatic rings. The molecule has 0 spiro atoms. The number of unbranched alkanes of at least 4 members (excludes halogenated alkanes) is 1. The topological polar surface area (TPSA) is 56.2 Å². The van der Waals surface area contributed by atoms with Gasteiger partial charge in [-0.15, -0.1) is 0 Å². The predicted molar refractivity (Wildman–Crippen MR) is 108 cm³/mol. The Labute approximate surface area is 160 Å². The Bertz CT molecular complexity index is 901. The number of para-hydroxylation sites is 2. The average Bonchev–Trinajstić information content (AvgIpc) is 3.06. The van der Waals surface area contributed by atoms with E-state index in [2.05, 4.69) is 35.0 Å². The molecule has 0 bridgehead atoms. The zero-order chi connectivity index (χ0) is 19.1. The Balaban J connectivity index is 1.59. The van der Waals surface area contributed by atoms with E-state index < -0.39 is 0 Å². The van der Waals surface area contributed by atoms with Crippen molar-refractivity contribution in [2.75, 3.05) is 13.7 Å². The van der Waals surface area contributed by atoms with E-state index in [4.69, 9.17) is 9.72 Å². The van der Waals surface area contributed by atoms with E-state index >= 15 is 0 Å². The van der Waals surface area contributed by atoms with Crippen LogP contribution in [0.5, 0.6) is 5.75 Å². The van der Waals surface area contributed by atoms with E-state index in [-0.39, 0.29) is 5.91 Å². The van der Waals surface area contributed by atoms with Gasteiger partial charge in [0.05, 0.1) is 18.1 Å². The van der Waals surface area contributed by atoms with E-state index in [0.29, 0.717) is 17.9 Å². The molecule has 1 heterocycles. The molecule has 0 atom stereocenters. The number of imidazole rings is 1. The number of rotatable bonds is 9. The van der Waals surface area contributed by atoms with Gasteiger partial charge in [0, 0.05) is 25.1 Å². The van der Waals surface area contributed by atoms with Gasteiger partial charge in [0.2, 0.25) is 0 Å². The number of aryl methyl sites for hydroxylation is 2. The molecular weight excluding hydrogens is 338 g/mol. The van der Waals surface area contributed by atoms with Crippen LogP contribution in [0.3, 0.4) is 0 Å². The highest BCUT2D eigenvalue weighted by Gasteiger charge is 2.10.